The lowest BCUT2D eigenvalue weighted by atomic mass is 10.0. The number of nitrogens with one attached hydrogen (secondary N) is 2. The van der Waals surface area contributed by atoms with E-state index >= 15 is 0 Å². The zero-order chi connectivity index (χ0) is 14.4. The van der Waals surface area contributed by atoms with E-state index in [0.717, 1.165) is 18.8 Å². The van der Waals surface area contributed by atoms with Gasteiger partial charge in [0.15, 0.2) is 0 Å². The maximum Gasteiger partial charge on any atom is 0.123 e. The molecular formula is C17H21FN2. The van der Waals surface area contributed by atoms with E-state index in [1.54, 1.807) is 12.1 Å². The topological polar surface area (TPSA) is 24.1 Å². The summed E-state index contributed by atoms with van der Waals surface area (Å²) in [6, 6.07) is 14.8. The lowest BCUT2D eigenvalue weighted by molar-refractivity contribution is 0.628. The predicted molar refractivity (Wildman–Crippen MR) is 83.9 cm³/mol. The fraction of sp³-hybridized carbons (Fsp3) is 0.294. The first-order valence-corrected chi connectivity index (χ1v) is 6.99. The quantitative estimate of drug-likeness (QED) is 0.758. The van der Waals surface area contributed by atoms with Crippen LogP contribution in [-0.4, -0.2) is 13.1 Å². The third kappa shape index (κ3) is 3.98. The Morgan fingerprint density at radius 2 is 1.55 bits per heavy atom. The van der Waals surface area contributed by atoms with Crippen molar-refractivity contribution in [1.82, 2.24) is 0 Å². The lowest BCUT2D eigenvalue weighted by Gasteiger charge is -2.15. The molecule has 0 heterocycles. The Morgan fingerprint density at radius 3 is 2.25 bits per heavy atom. The molecule has 2 rings (SSSR count). The summed E-state index contributed by atoms with van der Waals surface area (Å²) in [5, 5.41) is 6.70. The van der Waals surface area contributed by atoms with Crippen LogP contribution in [0.15, 0.2) is 48.5 Å². The molecule has 0 unspecified atom stereocenters. The van der Waals surface area contributed by atoms with Crippen LogP contribution < -0.4 is 10.6 Å². The summed E-state index contributed by atoms with van der Waals surface area (Å²) < 4.78 is 12.8. The maximum absolute atomic E-state index is 12.8. The van der Waals surface area contributed by atoms with Gasteiger partial charge in [-0.2, -0.15) is 0 Å². The van der Waals surface area contributed by atoms with Gasteiger partial charge in [0.2, 0.25) is 0 Å². The molecule has 0 spiro atoms. The first-order valence-electron chi connectivity index (χ1n) is 6.99. The summed E-state index contributed by atoms with van der Waals surface area (Å²) in [5.41, 5.74) is 3.45. The van der Waals surface area contributed by atoms with E-state index in [1.807, 2.05) is 6.07 Å². The monoisotopic (exact) mass is 272 g/mol. The third-order valence-electron chi connectivity index (χ3n) is 3.20. The lowest BCUT2D eigenvalue weighted by Crippen LogP contribution is -2.14. The summed E-state index contributed by atoms with van der Waals surface area (Å²) in [4.78, 5) is 0. The standard InChI is InChI=1S/C17H21FN2/c1-13(2)16-5-3-4-6-17(16)20-12-11-19-15-9-7-14(18)8-10-15/h3-10,13,19-20H,11-12H2,1-2H3. The Bertz CT molecular complexity index is 535. The minimum Gasteiger partial charge on any atom is -0.383 e. The fourth-order valence-electron chi connectivity index (χ4n) is 2.13. The van der Waals surface area contributed by atoms with Crippen LogP contribution in [0.4, 0.5) is 15.8 Å². The minimum atomic E-state index is -0.209. The third-order valence-corrected chi connectivity index (χ3v) is 3.20. The summed E-state index contributed by atoms with van der Waals surface area (Å²) in [6.45, 7) is 5.99. The van der Waals surface area contributed by atoms with Crippen LogP contribution in [0.3, 0.4) is 0 Å². The van der Waals surface area contributed by atoms with Crippen molar-refractivity contribution in [2.24, 2.45) is 0 Å². The first kappa shape index (κ1) is 14.4. The molecule has 0 fully saturated rings. The van der Waals surface area contributed by atoms with Crippen molar-refractivity contribution in [2.75, 3.05) is 23.7 Å². The molecule has 0 aliphatic rings. The van der Waals surface area contributed by atoms with Crippen LogP contribution in [0.1, 0.15) is 25.3 Å². The minimum absolute atomic E-state index is 0.209. The highest BCUT2D eigenvalue weighted by atomic mass is 19.1. The van der Waals surface area contributed by atoms with Gasteiger partial charge in [0.1, 0.15) is 5.82 Å². The molecule has 0 aliphatic carbocycles. The number of para-hydroxylation sites is 1. The van der Waals surface area contributed by atoms with Gasteiger partial charge in [0, 0.05) is 24.5 Å². The molecule has 2 aromatic rings. The van der Waals surface area contributed by atoms with Gasteiger partial charge in [0.25, 0.3) is 0 Å². The Balaban J connectivity index is 1.83. The molecule has 0 amide bonds. The highest BCUT2D eigenvalue weighted by molar-refractivity contribution is 5.52. The molecule has 20 heavy (non-hydrogen) atoms. The molecule has 0 aliphatic heterocycles. The summed E-state index contributed by atoms with van der Waals surface area (Å²) >= 11 is 0. The molecule has 0 radical (unpaired) electrons. The molecule has 2 aromatic carbocycles. The van der Waals surface area contributed by atoms with Gasteiger partial charge in [-0.1, -0.05) is 32.0 Å². The normalized spacial score (nSPS) is 10.6. The molecule has 0 aromatic heterocycles. The largest absolute Gasteiger partial charge is 0.383 e. The van der Waals surface area contributed by atoms with Crippen LogP contribution >= 0.6 is 0 Å². The van der Waals surface area contributed by atoms with Crippen LogP contribution in [-0.2, 0) is 0 Å². The van der Waals surface area contributed by atoms with Crippen molar-refractivity contribution in [1.29, 1.82) is 0 Å². The van der Waals surface area contributed by atoms with E-state index in [4.69, 9.17) is 0 Å². The van der Waals surface area contributed by atoms with Gasteiger partial charge in [0.05, 0.1) is 0 Å². The SMILES string of the molecule is CC(C)c1ccccc1NCCNc1ccc(F)cc1. The zero-order valence-electron chi connectivity index (χ0n) is 12.0. The maximum atomic E-state index is 12.8. The Labute approximate surface area is 120 Å². The number of anilines is 2. The van der Waals surface area contributed by atoms with Crippen LogP contribution in [0, 0.1) is 5.82 Å². The van der Waals surface area contributed by atoms with Crippen molar-refractivity contribution in [3.05, 3.63) is 59.9 Å². The average Bonchev–Trinajstić information content (AvgIpc) is 2.46. The smallest absolute Gasteiger partial charge is 0.123 e. The number of hydrogen-bond donors (Lipinski definition) is 2. The van der Waals surface area contributed by atoms with Crippen molar-refractivity contribution in [2.45, 2.75) is 19.8 Å². The van der Waals surface area contributed by atoms with Crippen LogP contribution in [0.5, 0.6) is 0 Å². The van der Waals surface area contributed by atoms with Gasteiger partial charge < -0.3 is 10.6 Å². The Hall–Kier alpha value is -2.03. The van der Waals surface area contributed by atoms with Gasteiger partial charge in [-0.05, 0) is 41.8 Å². The average molecular weight is 272 g/mol. The molecular weight excluding hydrogens is 251 g/mol. The van der Waals surface area contributed by atoms with Gasteiger partial charge in [-0.15, -0.1) is 0 Å². The van der Waals surface area contributed by atoms with Crippen LogP contribution in [0.2, 0.25) is 0 Å². The van der Waals surface area contributed by atoms with Gasteiger partial charge in [-0.3, -0.25) is 0 Å². The molecule has 0 bridgehead atoms. The number of rotatable bonds is 6. The molecule has 2 N–H and O–H groups in total. The number of halogens is 1. The second-order valence-electron chi connectivity index (χ2n) is 5.10. The van der Waals surface area contributed by atoms with Crippen molar-refractivity contribution in [3.63, 3.8) is 0 Å². The summed E-state index contributed by atoms with van der Waals surface area (Å²) in [5.74, 6) is 0.295. The molecule has 2 nitrogen and oxygen atoms in total. The number of hydrogen-bond acceptors (Lipinski definition) is 2. The number of benzene rings is 2. The van der Waals surface area contributed by atoms with Gasteiger partial charge in [-0.25, -0.2) is 4.39 Å². The summed E-state index contributed by atoms with van der Waals surface area (Å²) in [7, 11) is 0. The zero-order valence-corrected chi connectivity index (χ0v) is 12.0. The molecule has 0 atom stereocenters. The first-order chi connectivity index (χ1) is 9.66. The van der Waals surface area contributed by atoms with E-state index in [-0.39, 0.29) is 5.82 Å². The van der Waals surface area contributed by atoms with Crippen molar-refractivity contribution < 1.29 is 4.39 Å². The van der Waals surface area contributed by atoms with E-state index in [1.165, 1.54) is 23.4 Å². The fourth-order valence-corrected chi connectivity index (χ4v) is 2.13. The van der Waals surface area contributed by atoms with E-state index in [9.17, 15) is 4.39 Å². The Kier molecular flexibility index (Phi) is 4.99. The highest BCUT2D eigenvalue weighted by Gasteiger charge is 2.04. The predicted octanol–water partition coefficient (Wildman–Crippen LogP) is 4.47. The van der Waals surface area contributed by atoms with E-state index in [2.05, 4.69) is 42.7 Å². The second-order valence-corrected chi connectivity index (χ2v) is 5.10. The van der Waals surface area contributed by atoms with Crippen molar-refractivity contribution in [3.8, 4) is 0 Å². The van der Waals surface area contributed by atoms with E-state index < -0.39 is 0 Å². The molecule has 106 valence electrons. The highest BCUT2D eigenvalue weighted by Crippen LogP contribution is 2.23. The molecule has 0 saturated heterocycles. The van der Waals surface area contributed by atoms with Crippen LogP contribution in [0.25, 0.3) is 0 Å². The Morgan fingerprint density at radius 1 is 0.900 bits per heavy atom. The van der Waals surface area contributed by atoms with E-state index in [0.29, 0.717) is 5.92 Å². The van der Waals surface area contributed by atoms with Gasteiger partial charge >= 0.3 is 0 Å². The molecule has 0 saturated carbocycles. The van der Waals surface area contributed by atoms with Crippen molar-refractivity contribution >= 4 is 11.4 Å². The summed E-state index contributed by atoms with van der Waals surface area (Å²) in [6.07, 6.45) is 0. The second kappa shape index (κ2) is 6.94. The molecule has 3 heteroatoms.